The molecule has 0 saturated heterocycles. The van der Waals surface area contributed by atoms with Crippen molar-refractivity contribution in [2.24, 2.45) is 0 Å². The number of rotatable bonds is 6. The third-order valence-corrected chi connectivity index (χ3v) is 5.60. The van der Waals surface area contributed by atoms with Gasteiger partial charge in [0.15, 0.2) is 0 Å². The van der Waals surface area contributed by atoms with Crippen LogP contribution in [0.3, 0.4) is 0 Å². The van der Waals surface area contributed by atoms with E-state index in [1.807, 2.05) is 11.3 Å². The van der Waals surface area contributed by atoms with E-state index in [1.165, 1.54) is 24.8 Å². The summed E-state index contributed by atoms with van der Waals surface area (Å²) in [7, 11) is 0. The van der Waals surface area contributed by atoms with Crippen molar-refractivity contribution >= 4 is 11.3 Å². The van der Waals surface area contributed by atoms with Gasteiger partial charge in [0.1, 0.15) is 0 Å². The highest BCUT2D eigenvalue weighted by Crippen LogP contribution is 2.53. The van der Waals surface area contributed by atoms with Gasteiger partial charge in [0.05, 0.1) is 0 Å². The number of nitrogens with one attached hydrogen (secondary N) is 1. The number of benzene rings is 1. The van der Waals surface area contributed by atoms with Crippen molar-refractivity contribution in [1.29, 1.82) is 0 Å². The lowest BCUT2D eigenvalue weighted by Gasteiger charge is -2.48. The smallest absolute Gasteiger partial charge is 0.0183 e. The molecule has 0 aliphatic heterocycles. The molecule has 1 aromatic heterocycles. The lowest BCUT2D eigenvalue weighted by Crippen LogP contribution is -2.47. The Bertz CT molecular complexity index is 512. The van der Waals surface area contributed by atoms with Crippen molar-refractivity contribution in [3.8, 4) is 0 Å². The van der Waals surface area contributed by atoms with E-state index >= 15 is 0 Å². The number of hydrogen-bond acceptors (Lipinski definition) is 2. The lowest BCUT2D eigenvalue weighted by molar-refractivity contribution is 0.199. The zero-order valence-electron chi connectivity index (χ0n) is 12.1. The molecule has 0 radical (unpaired) electrons. The first kappa shape index (κ1) is 13.8. The summed E-state index contributed by atoms with van der Waals surface area (Å²) < 4.78 is 0. The van der Waals surface area contributed by atoms with Gasteiger partial charge in [0.2, 0.25) is 0 Å². The van der Waals surface area contributed by atoms with Gasteiger partial charge in [-0.05, 0) is 48.7 Å². The largest absolute Gasteiger partial charge is 0.316 e. The van der Waals surface area contributed by atoms with Crippen LogP contribution in [0.15, 0.2) is 47.8 Å². The first-order valence-corrected chi connectivity index (χ1v) is 8.52. The third-order valence-electron chi connectivity index (χ3n) is 4.48. The van der Waals surface area contributed by atoms with E-state index in [1.54, 1.807) is 4.88 Å². The van der Waals surface area contributed by atoms with Crippen LogP contribution in [-0.2, 0) is 5.41 Å². The first-order chi connectivity index (χ1) is 9.84. The van der Waals surface area contributed by atoms with Crippen LogP contribution in [0.25, 0.3) is 0 Å². The van der Waals surface area contributed by atoms with Gasteiger partial charge >= 0.3 is 0 Å². The molecule has 1 aliphatic carbocycles. The summed E-state index contributed by atoms with van der Waals surface area (Å²) in [6.07, 6.45) is 3.78. The zero-order valence-corrected chi connectivity index (χ0v) is 13.0. The van der Waals surface area contributed by atoms with Crippen molar-refractivity contribution < 1.29 is 0 Å². The highest BCUT2D eigenvalue weighted by molar-refractivity contribution is 7.10. The molecule has 1 heterocycles. The molecule has 20 heavy (non-hydrogen) atoms. The maximum atomic E-state index is 3.64. The molecule has 0 unspecified atom stereocenters. The second-order valence-corrected chi connectivity index (χ2v) is 6.90. The number of thiophene rings is 1. The van der Waals surface area contributed by atoms with E-state index in [4.69, 9.17) is 0 Å². The Balaban J connectivity index is 1.71. The normalized spacial score (nSPS) is 25.4. The Morgan fingerprint density at radius 3 is 2.60 bits per heavy atom. The van der Waals surface area contributed by atoms with E-state index in [9.17, 15) is 0 Å². The molecule has 1 N–H and O–H groups in total. The SMILES string of the molecule is CCCNCC1(c2cccs2)CC(c2ccccc2)C1. The molecule has 1 fully saturated rings. The van der Waals surface area contributed by atoms with Crippen LogP contribution in [0, 0.1) is 0 Å². The van der Waals surface area contributed by atoms with Crippen LogP contribution in [0.2, 0.25) is 0 Å². The van der Waals surface area contributed by atoms with Crippen LogP contribution >= 0.6 is 11.3 Å². The standard InChI is InChI=1S/C18H23NS/c1-2-10-19-14-18(17-9-6-11-20-17)12-16(13-18)15-7-4-3-5-8-15/h3-9,11,16,19H,2,10,12-14H2,1H3. The molecule has 2 heteroatoms. The molecule has 1 aromatic carbocycles. The second-order valence-electron chi connectivity index (χ2n) is 5.95. The summed E-state index contributed by atoms with van der Waals surface area (Å²) in [4.78, 5) is 1.56. The summed E-state index contributed by atoms with van der Waals surface area (Å²) in [5, 5.41) is 5.86. The molecule has 0 bridgehead atoms. The van der Waals surface area contributed by atoms with Gasteiger partial charge in [-0.2, -0.15) is 0 Å². The Hall–Kier alpha value is -1.12. The highest BCUT2D eigenvalue weighted by Gasteiger charge is 2.46. The fourth-order valence-electron chi connectivity index (χ4n) is 3.36. The lowest BCUT2D eigenvalue weighted by atomic mass is 9.59. The molecular formula is C18H23NS. The first-order valence-electron chi connectivity index (χ1n) is 7.64. The van der Waals surface area contributed by atoms with Crippen molar-refractivity contribution in [3.05, 3.63) is 58.3 Å². The fraction of sp³-hybridized carbons (Fsp3) is 0.444. The van der Waals surface area contributed by atoms with Crippen LogP contribution in [0.4, 0.5) is 0 Å². The minimum absolute atomic E-state index is 0.379. The van der Waals surface area contributed by atoms with Crippen molar-refractivity contribution in [2.75, 3.05) is 13.1 Å². The molecule has 3 rings (SSSR count). The molecular weight excluding hydrogens is 262 g/mol. The Labute approximate surface area is 126 Å². The minimum atomic E-state index is 0.379. The second kappa shape index (κ2) is 6.11. The van der Waals surface area contributed by atoms with Crippen LogP contribution in [0.5, 0.6) is 0 Å². The van der Waals surface area contributed by atoms with Gasteiger partial charge in [0, 0.05) is 16.8 Å². The van der Waals surface area contributed by atoms with Crippen LogP contribution in [-0.4, -0.2) is 13.1 Å². The Morgan fingerprint density at radius 2 is 1.95 bits per heavy atom. The van der Waals surface area contributed by atoms with E-state index < -0.39 is 0 Å². The van der Waals surface area contributed by atoms with E-state index in [0.29, 0.717) is 5.41 Å². The van der Waals surface area contributed by atoms with Gasteiger partial charge in [-0.15, -0.1) is 11.3 Å². The minimum Gasteiger partial charge on any atom is -0.316 e. The monoisotopic (exact) mass is 285 g/mol. The zero-order chi connectivity index (χ0) is 13.8. The van der Waals surface area contributed by atoms with Crippen molar-refractivity contribution in [2.45, 2.75) is 37.5 Å². The van der Waals surface area contributed by atoms with Crippen molar-refractivity contribution in [1.82, 2.24) is 5.32 Å². The Kier molecular flexibility index (Phi) is 4.23. The maximum absolute atomic E-state index is 3.64. The molecule has 0 spiro atoms. The van der Waals surface area contributed by atoms with Gasteiger partial charge in [0.25, 0.3) is 0 Å². The summed E-state index contributed by atoms with van der Waals surface area (Å²) in [6.45, 7) is 4.49. The van der Waals surface area contributed by atoms with Gasteiger partial charge in [-0.25, -0.2) is 0 Å². The summed E-state index contributed by atoms with van der Waals surface area (Å²) >= 11 is 1.92. The van der Waals surface area contributed by atoms with Crippen LogP contribution < -0.4 is 5.32 Å². The van der Waals surface area contributed by atoms with Crippen molar-refractivity contribution in [3.63, 3.8) is 0 Å². The van der Waals surface area contributed by atoms with Gasteiger partial charge < -0.3 is 5.32 Å². The molecule has 1 saturated carbocycles. The average Bonchev–Trinajstić information content (AvgIpc) is 2.97. The summed E-state index contributed by atoms with van der Waals surface area (Å²) in [5.41, 5.74) is 1.89. The molecule has 0 amide bonds. The van der Waals surface area contributed by atoms with E-state index in [-0.39, 0.29) is 0 Å². The summed E-state index contributed by atoms with van der Waals surface area (Å²) in [6, 6.07) is 15.5. The molecule has 1 aliphatic rings. The van der Waals surface area contributed by atoms with E-state index in [2.05, 4.69) is 60.1 Å². The highest BCUT2D eigenvalue weighted by atomic mass is 32.1. The topological polar surface area (TPSA) is 12.0 Å². The quantitative estimate of drug-likeness (QED) is 0.767. The van der Waals surface area contributed by atoms with Gasteiger partial charge in [-0.1, -0.05) is 43.3 Å². The molecule has 0 atom stereocenters. The average molecular weight is 285 g/mol. The van der Waals surface area contributed by atoms with Gasteiger partial charge in [-0.3, -0.25) is 0 Å². The molecule has 2 aromatic rings. The Morgan fingerprint density at radius 1 is 1.15 bits per heavy atom. The fourth-order valence-corrected chi connectivity index (χ4v) is 4.31. The summed E-state index contributed by atoms with van der Waals surface area (Å²) in [5.74, 6) is 0.738. The third kappa shape index (κ3) is 2.68. The maximum Gasteiger partial charge on any atom is 0.0183 e. The number of hydrogen-bond donors (Lipinski definition) is 1. The molecule has 106 valence electrons. The predicted octanol–water partition coefficient (Wildman–Crippen LogP) is 4.56. The van der Waals surface area contributed by atoms with E-state index in [0.717, 1.165) is 19.0 Å². The predicted molar refractivity (Wildman–Crippen MR) is 87.6 cm³/mol. The molecule has 1 nitrogen and oxygen atoms in total. The van der Waals surface area contributed by atoms with Crippen LogP contribution in [0.1, 0.15) is 42.5 Å².